The molecule has 0 saturated carbocycles. The van der Waals surface area contributed by atoms with Gasteiger partial charge in [0.15, 0.2) is 0 Å². The van der Waals surface area contributed by atoms with Gasteiger partial charge in [-0.05, 0) is 24.5 Å². The van der Waals surface area contributed by atoms with E-state index in [1.807, 2.05) is 0 Å². The quantitative estimate of drug-likeness (QED) is 0.857. The van der Waals surface area contributed by atoms with Gasteiger partial charge in [-0.2, -0.15) is 4.31 Å². The van der Waals surface area contributed by atoms with E-state index < -0.39 is 10.0 Å². The van der Waals surface area contributed by atoms with Crippen LogP contribution in [0.2, 0.25) is 0 Å². The Bertz CT molecular complexity index is 629. The lowest BCUT2D eigenvalue weighted by Crippen LogP contribution is -2.29. The van der Waals surface area contributed by atoms with Gasteiger partial charge >= 0.3 is 0 Å². The zero-order chi connectivity index (χ0) is 14.6. The summed E-state index contributed by atoms with van der Waals surface area (Å²) >= 11 is 0. The second kappa shape index (κ2) is 6.40. The molecule has 2 rings (SSSR count). The Morgan fingerprint density at radius 3 is 2.80 bits per heavy atom. The molecule has 1 saturated heterocycles. The Kier molecular flexibility index (Phi) is 4.81. The van der Waals surface area contributed by atoms with Gasteiger partial charge in [-0.15, -0.1) is 0 Å². The maximum Gasteiger partial charge on any atom is 0.244 e. The van der Waals surface area contributed by atoms with E-state index in [0.717, 1.165) is 12.8 Å². The molecule has 5 heteroatoms. The predicted molar refractivity (Wildman–Crippen MR) is 79.5 cm³/mol. The van der Waals surface area contributed by atoms with Crippen LogP contribution in [-0.2, 0) is 10.0 Å². The Balaban J connectivity index is 2.35. The third-order valence-corrected chi connectivity index (χ3v) is 5.58. The average Bonchev–Trinajstić information content (AvgIpc) is 2.95. The number of hydrogen-bond donors (Lipinski definition) is 1. The van der Waals surface area contributed by atoms with E-state index in [1.54, 1.807) is 28.6 Å². The first kappa shape index (κ1) is 15.0. The Hall–Kier alpha value is -1.35. The van der Waals surface area contributed by atoms with Crippen molar-refractivity contribution in [2.24, 2.45) is 11.7 Å². The van der Waals surface area contributed by atoms with Crippen molar-refractivity contribution in [2.75, 3.05) is 19.6 Å². The standard InChI is InChI=1S/C15H20N2O2S/c1-2-13-9-11-17(12-13)20(18,19)15-8-4-3-6-14(15)7-5-10-16/h3-4,6,8,13H,2,9-12,16H2,1H3. The molecular weight excluding hydrogens is 272 g/mol. The molecule has 1 aromatic carbocycles. The number of nitrogens with two attached hydrogens (primary N) is 1. The Morgan fingerprint density at radius 1 is 1.40 bits per heavy atom. The van der Waals surface area contributed by atoms with Gasteiger partial charge in [-0.25, -0.2) is 8.42 Å². The van der Waals surface area contributed by atoms with Crippen LogP contribution in [0.5, 0.6) is 0 Å². The van der Waals surface area contributed by atoms with Crippen molar-refractivity contribution in [1.82, 2.24) is 4.31 Å². The van der Waals surface area contributed by atoms with Gasteiger partial charge in [0.1, 0.15) is 0 Å². The van der Waals surface area contributed by atoms with Gasteiger partial charge < -0.3 is 5.73 Å². The van der Waals surface area contributed by atoms with E-state index in [0.29, 0.717) is 24.6 Å². The van der Waals surface area contributed by atoms with Crippen LogP contribution in [0.4, 0.5) is 0 Å². The molecule has 20 heavy (non-hydrogen) atoms. The van der Waals surface area contributed by atoms with Crippen molar-refractivity contribution >= 4 is 10.0 Å². The number of sulfonamides is 1. The van der Waals surface area contributed by atoms with Crippen LogP contribution < -0.4 is 5.73 Å². The largest absolute Gasteiger partial charge is 0.320 e. The lowest BCUT2D eigenvalue weighted by atomic mass is 10.1. The molecule has 0 aromatic heterocycles. The van der Waals surface area contributed by atoms with Crippen LogP contribution in [0.1, 0.15) is 25.3 Å². The molecule has 1 heterocycles. The summed E-state index contributed by atoms with van der Waals surface area (Å²) in [5.41, 5.74) is 5.89. The fraction of sp³-hybridized carbons (Fsp3) is 0.467. The van der Waals surface area contributed by atoms with Crippen molar-refractivity contribution in [3.05, 3.63) is 29.8 Å². The van der Waals surface area contributed by atoms with Gasteiger partial charge in [0.2, 0.25) is 10.0 Å². The highest BCUT2D eigenvalue weighted by molar-refractivity contribution is 7.89. The Labute approximate surface area is 121 Å². The van der Waals surface area contributed by atoms with E-state index in [9.17, 15) is 8.42 Å². The monoisotopic (exact) mass is 292 g/mol. The number of benzene rings is 1. The van der Waals surface area contributed by atoms with Crippen molar-refractivity contribution in [3.8, 4) is 11.8 Å². The van der Waals surface area contributed by atoms with Gasteiger partial charge in [0.05, 0.1) is 11.4 Å². The first-order valence-corrected chi connectivity index (χ1v) is 8.31. The summed E-state index contributed by atoms with van der Waals surface area (Å²) in [6.07, 6.45) is 1.95. The minimum Gasteiger partial charge on any atom is -0.320 e. The molecule has 1 fully saturated rings. The van der Waals surface area contributed by atoms with Crippen molar-refractivity contribution in [2.45, 2.75) is 24.7 Å². The summed E-state index contributed by atoms with van der Waals surface area (Å²) in [7, 11) is -3.45. The third-order valence-electron chi connectivity index (χ3n) is 3.66. The fourth-order valence-electron chi connectivity index (χ4n) is 2.43. The van der Waals surface area contributed by atoms with Crippen LogP contribution >= 0.6 is 0 Å². The molecule has 1 atom stereocenters. The molecule has 2 N–H and O–H groups in total. The van der Waals surface area contributed by atoms with Gasteiger partial charge in [-0.1, -0.05) is 37.3 Å². The Morgan fingerprint density at radius 2 is 2.15 bits per heavy atom. The molecule has 0 spiro atoms. The summed E-state index contributed by atoms with van der Waals surface area (Å²) in [6, 6.07) is 6.87. The SMILES string of the molecule is CCC1CCN(S(=O)(=O)c2ccccc2C#CCN)C1. The van der Waals surface area contributed by atoms with Crippen molar-refractivity contribution < 1.29 is 8.42 Å². The van der Waals surface area contributed by atoms with Gasteiger partial charge in [0, 0.05) is 18.7 Å². The molecular formula is C15H20N2O2S. The second-order valence-electron chi connectivity index (χ2n) is 4.93. The fourth-order valence-corrected chi connectivity index (χ4v) is 4.11. The summed E-state index contributed by atoms with van der Waals surface area (Å²) in [5.74, 6) is 6.03. The topological polar surface area (TPSA) is 63.4 Å². The maximum atomic E-state index is 12.7. The van der Waals surface area contributed by atoms with E-state index >= 15 is 0 Å². The van der Waals surface area contributed by atoms with Gasteiger partial charge in [-0.3, -0.25) is 0 Å². The smallest absolute Gasteiger partial charge is 0.244 e. The average molecular weight is 292 g/mol. The second-order valence-corrected chi connectivity index (χ2v) is 6.83. The zero-order valence-electron chi connectivity index (χ0n) is 11.7. The highest BCUT2D eigenvalue weighted by Gasteiger charge is 2.32. The molecule has 108 valence electrons. The van der Waals surface area contributed by atoms with Gasteiger partial charge in [0.25, 0.3) is 0 Å². The molecule has 0 amide bonds. The highest BCUT2D eigenvalue weighted by Crippen LogP contribution is 2.27. The third kappa shape index (κ3) is 3.04. The first-order chi connectivity index (χ1) is 9.59. The van der Waals surface area contributed by atoms with Crippen LogP contribution in [0.25, 0.3) is 0 Å². The predicted octanol–water partition coefficient (Wildman–Crippen LogP) is 1.42. The minimum absolute atomic E-state index is 0.218. The molecule has 4 nitrogen and oxygen atoms in total. The normalized spacial score (nSPS) is 19.6. The number of nitrogens with zero attached hydrogens (tertiary/aromatic N) is 1. The minimum atomic E-state index is -3.45. The molecule has 1 aliphatic heterocycles. The molecule has 0 bridgehead atoms. The van der Waals surface area contributed by atoms with Crippen LogP contribution in [-0.4, -0.2) is 32.4 Å². The van der Waals surface area contributed by atoms with Crippen molar-refractivity contribution in [3.63, 3.8) is 0 Å². The summed E-state index contributed by atoms with van der Waals surface area (Å²) in [5, 5.41) is 0. The first-order valence-electron chi connectivity index (χ1n) is 6.87. The molecule has 0 radical (unpaired) electrons. The van der Waals surface area contributed by atoms with E-state index in [2.05, 4.69) is 18.8 Å². The number of hydrogen-bond acceptors (Lipinski definition) is 3. The zero-order valence-corrected chi connectivity index (χ0v) is 12.5. The maximum absolute atomic E-state index is 12.7. The molecule has 1 unspecified atom stereocenters. The van der Waals surface area contributed by atoms with Crippen LogP contribution in [0.3, 0.4) is 0 Å². The summed E-state index contributed by atoms with van der Waals surface area (Å²) in [4.78, 5) is 0.290. The lowest BCUT2D eigenvalue weighted by molar-refractivity contribution is 0.453. The lowest BCUT2D eigenvalue weighted by Gasteiger charge is -2.17. The molecule has 0 aliphatic carbocycles. The molecule has 1 aliphatic rings. The number of rotatable bonds is 3. The van der Waals surface area contributed by atoms with Crippen molar-refractivity contribution in [1.29, 1.82) is 0 Å². The summed E-state index contributed by atoms with van der Waals surface area (Å²) < 4.78 is 27.0. The van der Waals surface area contributed by atoms with Crippen LogP contribution in [0.15, 0.2) is 29.2 Å². The van der Waals surface area contributed by atoms with Crippen LogP contribution in [0, 0.1) is 17.8 Å². The summed E-state index contributed by atoms with van der Waals surface area (Å²) in [6.45, 7) is 3.52. The van der Waals surface area contributed by atoms with E-state index in [-0.39, 0.29) is 11.4 Å². The van der Waals surface area contributed by atoms with E-state index in [1.165, 1.54) is 0 Å². The molecule has 1 aromatic rings. The highest BCUT2D eigenvalue weighted by atomic mass is 32.2. The van der Waals surface area contributed by atoms with E-state index in [4.69, 9.17) is 5.73 Å².